The Balaban J connectivity index is 2.33. The van der Waals surface area contributed by atoms with Crippen LogP contribution in [-0.4, -0.2) is 38.6 Å². The highest BCUT2D eigenvalue weighted by Crippen LogP contribution is 2.31. The van der Waals surface area contributed by atoms with Gasteiger partial charge in [0.25, 0.3) is 10.0 Å². The van der Waals surface area contributed by atoms with Crippen molar-refractivity contribution < 1.29 is 22.7 Å². The van der Waals surface area contributed by atoms with Gasteiger partial charge in [0.2, 0.25) is 5.91 Å². The lowest BCUT2D eigenvalue weighted by atomic mass is 10.2. The van der Waals surface area contributed by atoms with Gasteiger partial charge in [0.15, 0.2) is 0 Å². The number of aliphatic hydroxyl groups excluding tert-OH is 1. The number of hydrogen-bond acceptors (Lipinski definition) is 4. The Labute approximate surface area is 192 Å². The van der Waals surface area contributed by atoms with Crippen molar-refractivity contribution in [3.63, 3.8) is 0 Å². The van der Waals surface area contributed by atoms with E-state index in [1.807, 2.05) is 0 Å². The van der Waals surface area contributed by atoms with Crippen LogP contribution in [0.2, 0.25) is 10.0 Å². The average Bonchev–Trinajstić information content (AvgIpc) is 2.73. The molecule has 2 rings (SSSR count). The van der Waals surface area contributed by atoms with Crippen LogP contribution < -0.4 is 9.62 Å². The third kappa shape index (κ3) is 6.80. The van der Waals surface area contributed by atoms with E-state index in [-0.39, 0.29) is 22.2 Å². The molecule has 0 fully saturated rings. The van der Waals surface area contributed by atoms with Gasteiger partial charge < -0.3 is 10.4 Å². The quantitative estimate of drug-likeness (QED) is 0.457. The van der Waals surface area contributed by atoms with Gasteiger partial charge in [-0.1, -0.05) is 36.0 Å². The smallest absolute Gasteiger partial charge is 0.265 e. The average molecular weight is 491 g/mol. The molecule has 0 aliphatic heterocycles. The predicted octanol–water partition coefficient (Wildman–Crippen LogP) is 4.39. The summed E-state index contributed by atoms with van der Waals surface area (Å²) >= 11 is 11.8. The Morgan fingerprint density at radius 3 is 2.32 bits per heavy atom. The third-order valence-corrected chi connectivity index (χ3v) is 7.02. The molecule has 31 heavy (non-hydrogen) atoms. The maximum absolute atomic E-state index is 14.6. The first-order valence-electron chi connectivity index (χ1n) is 9.82. The maximum atomic E-state index is 14.6. The molecule has 0 aliphatic rings. The minimum atomic E-state index is -4.31. The molecular formula is C21H25Cl2FN2O4S. The van der Waals surface area contributed by atoms with Gasteiger partial charge in [-0.2, -0.15) is 0 Å². The summed E-state index contributed by atoms with van der Waals surface area (Å²) in [5, 5.41) is 12.0. The number of rotatable bonds is 11. The molecule has 1 atom stereocenters. The first kappa shape index (κ1) is 25.4. The van der Waals surface area contributed by atoms with Gasteiger partial charge >= 0.3 is 0 Å². The van der Waals surface area contributed by atoms with Crippen LogP contribution in [0.1, 0.15) is 32.6 Å². The van der Waals surface area contributed by atoms with Crippen LogP contribution in [0.5, 0.6) is 0 Å². The van der Waals surface area contributed by atoms with Crippen LogP contribution in [-0.2, 0) is 14.8 Å². The van der Waals surface area contributed by atoms with E-state index in [9.17, 15) is 17.6 Å². The number of anilines is 1. The lowest BCUT2D eigenvalue weighted by Crippen LogP contribution is -2.48. The van der Waals surface area contributed by atoms with E-state index in [0.29, 0.717) is 24.4 Å². The molecule has 0 saturated carbocycles. The minimum absolute atomic E-state index is 0.117. The Bertz CT molecular complexity index is 987. The van der Waals surface area contributed by atoms with Gasteiger partial charge in [-0.25, -0.2) is 12.8 Å². The van der Waals surface area contributed by atoms with Crippen molar-refractivity contribution in [1.82, 2.24) is 5.32 Å². The molecular weight excluding hydrogens is 466 g/mol. The zero-order chi connectivity index (χ0) is 23.0. The second-order valence-electron chi connectivity index (χ2n) is 6.96. The molecule has 10 heteroatoms. The van der Waals surface area contributed by atoms with Gasteiger partial charge in [-0.15, -0.1) is 0 Å². The molecule has 0 spiro atoms. The first-order chi connectivity index (χ1) is 14.7. The Morgan fingerprint density at radius 1 is 1.06 bits per heavy atom. The van der Waals surface area contributed by atoms with Crippen LogP contribution >= 0.6 is 23.2 Å². The number of nitrogens with one attached hydrogen (secondary N) is 1. The maximum Gasteiger partial charge on any atom is 0.265 e. The molecule has 6 nitrogen and oxygen atoms in total. The van der Waals surface area contributed by atoms with E-state index in [4.69, 9.17) is 28.3 Å². The van der Waals surface area contributed by atoms with Crippen molar-refractivity contribution >= 4 is 44.8 Å². The number of carbonyl (C=O) groups is 1. The van der Waals surface area contributed by atoms with E-state index in [1.165, 1.54) is 43.3 Å². The van der Waals surface area contributed by atoms with Crippen LogP contribution in [0.4, 0.5) is 10.1 Å². The van der Waals surface area contributed by atoms with E-state index >= 15 is 0 Å². The molecule has 1 amide bonds. The number of halogens is 3. The topological polar surface area (TPSA) is 86.7 Å². The fraction of sp³-hybridized carbons (Fsp3) is 0.381. The highest BCUT2D eigenvalue weighted by Gasteiger charge is 2.35. The SMILES string of the molecule is CC(C(=O)NCCCCCCO)N(c1cc(Cl)ccc1F)S(=O)(=O)c1ccc(Cl)cc1. The molecule has 0 saturated heterocycles. The van der Waals surface area contributed by atoms with Crippen molar-refractivity contribution in [1.29, 1.82) is 0 Å². The summed E-state index contributed by atoms with van der Waals surface area (Å²) in [4.78, 5) is 12.6. The summed E-state index contributed by atoms with van der Waals surface area (Å²) in [6, 6.07) is 7.65. The zero-order valence-corrected chi connectivity index (χ0v) is 19.4. The molecule has 2 N–H and O–H groups in total. The standard InChI is InChI=1S/C21H25Cl2FN2O4S/c1-15(21(28)25-12-4-2-3-5-13-27)26(20-14-17(23)8-11-19(20)24)31(29,30)18-9-6-16(22)7-10-18/h6-11,14-15,27H,2-5,12-13H2,1H3,(H,25,28). The third-order valence-electron chi connectivity index (χ3n) is 4.63. The van der Waals surface area contributed by atoms with E-state index in [2.05, 4.69) is 5.32 Å². The zero-order valence-electron chi connectivity index (χ0n) is 17.0. The molecule has 170 valence electrons. The highest BCUT2D eigenvalue weighted by molar-refractivity contribution is 7.93. The largest absolute Gasteiger partial charge is 0.396 e. The normalized spacial score (nSPS) is 12.4. The summed E-state index contributed by atoms with van der Waals surface area (Å²) in [6.07, 6.45) is 3.00. The van der Waals surface area contributed by atoms with Gasteiger partial charge in [0, 0.05) is 23.2 Å². The summed E-state index contributed by atoms with van der Waals surface area (Å²) in [7, 11) is -4.31. The number of benzene rings is 2. The molecule has 0 heterocycles. The van der Waals surface area contributed by atoms with E-state index < -0.39 is 27.8 Å². The van der Waals surface area contributed by atoms with Crippen molar-refractivity contribution in [3.8, 4) is 0 Å². The Hall–Kier alpha value is -1.87. The number of amides is 1. The van der Waals surface area contributed by atoms with E-state index in [0.717, 1.165) is 23.2 Å². The van der Waals surface area contributed by atoms with Crippen LogP contribution in [0.3, 0.4) is 0 Å². The number of hydrogen-bond donors (Lipinski definition) is 2. The number of unbranched alkanes of at least 4 members (excludes halogenated alkanes) is 3. The van der Waals surface area contributed by atoms with Crippen molar-refractivity contribution in [2.24, 2.45) is 0 Å². The molecule has 0 radical (unpaired) electrons. The van der Waals surface area contributed by atoms with Crippen LogP contribution in [0.15, 0.2) is 47.4 Å². The van der Waals surface area contributed by atoms with Crippen molar-refractivity contribution in [2.45, 2.75) is 43.5 Å². The van der Waals surface area contributed by atoms with Gasteiger partial charge in [-0.05, 0) is 62.2 Å². The second kappa shape index (κ2) is 11.7. The van der Waals surface area contributed by atoms with Crippen LogP contribution in [0.25, 0.3) is 0 Å². The number of nitrogens with zero attached hydrogens (tertiary/aromatic N) is 1. The van der Waals surface area contributed by atoms with Gasteiger partial charge in [0.1, 0.15) is 11.9 Å². The number of aliphatic hydroxyl groups is 1. The summed E-state index contributed by atoms with van der Waals surface area (Å²) in [5.41, 5.74) is -0.326. The summed E-state index contributed by atoms with van der Waals surface area (Å²) in [5.74, 6) is -1.40. The molecule has 0 aromatic heterocycles. The summed E-state index contributed by atoms with van der Waals surface area (Å²) < 4.78 is 42.1. The van der Waals surface area contributed by atoms with Crippen LogP contribution in [0, 0.1) is 5.82 Å². The molecule has 0 bridgehead atoms. The fourth-order valence-corrected chi connectivity index (χ4v) is 4.89. The molecule has 2 aromatic rings. The predicted molar refractivity (Wildman–Crippen MR) is 121 cm³/mol. The monoisotopic (exact) mass is 490 g/mol. The molecule has 1 unspecified atom stereocenters. The Morgan fingerprint density at radius 2 is 1.68 bits per heavy atom. The Kier molecular flexibility index (Phi) is 9.55. The molecule has 0 aliphatic carbocycles. The second-order valence-corrected chi connectivity index (χ2v) is 9.64. The molecule has 2 aromatic carbocycles. The highest BCUT2D eigenvalue weighted by atomic mass is 35.5. The number of carbonyl (C=O) groups excluding carboxylic acids is 1. The first-order valence-corrected chi connectivity index (χ1v) is 12.0. The lowest BCUT2D eigenvalue weighted by molar-refractivity contribution is -0.121. The number of sulfonamides is 1. The lowest BCUT2D eigenvalue weighted by Gasteiger charge is -2.30. The minimum Gasteiger partial charge on any atom is -0.396 e. The van der Waals surface area contributed by atoms with Crippen molar-refractivity contribution in [3.05, 3.63) is 58.3 Å². The van der Waals surface area contributed by atoms with Gasteiger partial charge in [0.05, 0.1) is 10.6 Å². The van der Waals surface area contributed by atoms with Gasteiger partial charge in [-0.3, -0.25) is 9.10 Å². The fourth-order valence-electron chi connectivity index (χ4n) is 2.98. The van der Waals surface area contributed by atoms with E-state index in [1.54, 1.807) is 0 Å². The summed E-state index contributed by atoms with van der Waals surface area (Å²) in [6.45, 7) is 1.84. The van der Waals surface area contributed by atoms with Crippen molar-refractivity contribution in [2.75, 3.05) is 17.5 Å².